The van der Waals surface area contributed by atoms with Crippen LogP contribution in [-0.2, 0) is 65.2 Å². The Morgan fingerprint density at radius 3 is 2.25 bits per heavy atom. The van der Waals surface area contributed by atoms with Crippen molar-refractivity contribution in [3.63, 3.8) is 0 Å². The summed E-state index contributed by atoms with van der Waals surface area (Å²) >= 11 is 0. The van der Waals surface area contributed by atoms with Gasteiger partial charge >= 0.3 is 17.9 Å². The van der Waals surface area contributed by atoms with Crippen LogP contribution >= 0.6 is 0 Å². The average Bonchev–Trinajstić information content (AvgIpc) is 3.81. The summed E-state index contributed by atoms with van der Waals surface area (Å²) in [5.41, 5.74) is -1.85. The monoisotopic (exact) mass is 1090 g/mol. The summed E-state index contributed by atoms with van der Waals surface area (Å²) in [6.45, 7) is 23.4. The Morgan fingerprint density at radius 1 is 0.935 bits per heavy atom. The van der Waals surface area contributed by atoms with Gasteiger partial charge in [0.1, 0.15) is 53.7 Å². The summed E-state index contributed by atoms with van der Waals surface area (Å²) in [6.07, 6.45) is -6.49. The van der Waals surface area contributed by atoms with Crippen molar-refractivity contribution in [3.05, 3.63) is 33.9 Å². The maximum atomic E-state index is 14.7. The molecule has 77 heavy (non-hydrogen) atoms. The molecule has 20 heteroatoms. The molecule has 0 unspecified atom stereocenters. The Bertz CT molecular complexity index is 2220. The predicted octanol–water partition coefficient (Wildman–Crippen LogP) is 4.88. The van der Waals surface area contributed by atoms with E-state index in [1.807, 2.05) is 52.6 Å². The Labute approximate surface area is 455 Å². The second-order valence-electron chi connectivity index (χ2n) is 23.5. The van der Waals surface area contributed by atoms with E-state index in [2.05, 4.69) is 4.90 Å². The molecule has 0 bridgehead atoms. The van der Waals surface area contributed by atoms with Crippen molar-refractivity contribution in [2.75, 3.05) is 54.1 Å². The summed E-state index contributed by atoms with van der Waals surface area (Å²) in [4.78, 5) is 45.3. The van der Waals surface area contributed by atoms with E-state index in [1.165, 1.54) is 21.1 Å². The molecule has 5 N–H and O–H groups in total. The van der Waals surface area contributed by atoms with Gasteiger partial charge in [-0.25, -0.2) is 4.79 Å². The number of hydrogen-bond donors (Lipinski definition) is 5. The molecule has 0 spiro atoms. The number of aliphatic hydroxyl groups is 4. The summed E-state index contributed by atoms with van der Waals surface area (Å²) in [7, 11) is 4.85. The zero-order valence-corrected chi connectivity index (χ0v) is 48.4. The second-order valence-corrected chi connectivity index (χ2v) is 23.5. The van der Waals surface area contributed by atoms with E-state index in [0.717, 1.165) is 11.1 Å². The smallest absolute Gasteiger partial charge is 0.342 e. The van der Waals surface area contributed by atoms with Gasteiger partial charge < -0.3 is 77.8 Å². The highest BCUT2D eigenvalue weighted by molar-refractivity contribution is 5.98. The van der Waals surface area contributed by atoms with Gasteiger partial charge in [0.2, 0.25) is 0 Å². The molecule has 5 heterocycles. The highest BCUT2D eigenvalue weighted by Gasteiger charge is 2.54. The van der Waals surface area contributed by atoms with Gasteiger partial charge in [-0.3, -0.25) is 14.5 Å². The summed E-state index contributed by atoms with van der Waals surface area (Å²) in [5, 5.41) is 59.2. The minimum Gasteiger partial charge on any atom is -0.507 e. The molecule has 4 fully saturated rings. The average molecular weight is 1090 g/mol. The molecule has 0 amide bonds. The minimum absolute atomic E-state index is 0.0345. The van der Waals surface area contributed by atoms with Crippen molar-refractivity contribution in [1.29, 1.82) is 0 Å². The Morgan fingerprint density at radius 2 is 1.61 bits per heavy atom. The quantitative estimate of drug-likeness (QED) is 0.0945. The number of ether oxygens (including phenoxy) is 10. The van der Waals surface area contributed by atoms with Gasteiger partial charge in [0, 0.05) is 69.1 Å². The number of esters is 3. The van der Waals surface area contributed by atoms with Crippen LogP contribution < -0.4 is 4.74 Å². The lowest BCUT2D eigenvalue weighted by Crippen LogP contribution is -2.63. The fourth-order valence-corrected chi connectivity index (χ4v) is 12.5. The van der Waals surface area contributed by atoms with Crippen LogP contribution in [-0.4, -0.2) is 198 Å². The molecule has 20 nitrogen and oxygen atoms in total. The van der Waals surface area contributed by atoms with E-state index in [4.69, 9.17) is 47.4 Å². The highest BCUT2D eigenvalue weighted by Crippen LogP contribution is 2.44. The van der Waals surface area contributed by atoms with Crippen molar-refractivity contribution in [2.45, 2.75) is 225 Å². The summed E-state index contributed by atoms with van der Waals surface area (Å²) in [6, 6.07) is -1.27. The van der Waals surface area contributed by atoms with E-state index in [9.17, 15) is 39.9 Å². The maximum absolute atomic E-state index is 14.7. The molecular formula is C57H92N2O18. The second kappa shape index (κ2) is 25.9. The van der Waals surface area contributed by atoms with Crippen molar-refractivity contribution >= 4 is 17.9 Å². The lowest BCUT2D eigenvalue weighted by molar-refractivity contribution is -0.317. The van der Waals surface area contributed by atoms with Gasteiger partial charge in [-0.1, -0.05) is 32.4 Å². The number of carbonyl (C=O) groups is 3. The molecule has 0 saturated carbocycles. The van der Waals surface area contributed by atoms with Crippen molar-refractivity contribution in [2.24, 2.45) is 17.8 Å². The lowest BCUT2D eigenvalue weighted by Gasteiger charge is -2.50. The molecule has 0 radical (unpaired) electrons. The number of fused-ring (bicyclic) bond motifs is 1. The molecule has 1 aromatic rings. The van der Waals surface area contributed by atoms with Gasteiger partial charge in [0.25, 0.3) is 0 Å². The van der Waals surface area contributed by atoms with Crippen LogP contribution in [0.15, 0.2) is 11.6 Å². The topological polar surface area (TPSA) is 251 Å². The van der Waals surface area contributed by atoms with Gasteiger partial charge in [-0.15, -0.1) is 0 Å². The number of nitrogens with zero attached hydrogens (tertiary/aromatic N) is 2. The van der Waals surface area contributed by atoms with E-state index < -0.39 is 120 Å². The van der Waals surface area contributed by atoms with E-state index in [-0.39, 0.29) is 55.9 Å². The molecule has 18 atom stereocenters. The zero-order valence-electron chi connectivity index (χ0n) is 48.4. The Hall–Kier alpha value is -3.51. The SMILES string of the molecule is CC[C@H]1OC(=O)[C@H](C)[C@@H](O[C@H]2C[C@@](C)(OC)[C@@H](O)[C@H](C)O2)[C@H](C)[C@@H](O[C@@H]2O[C@H](C)C[C@@H](OC(=O)CC/C(C)=C/Cc3c(O)c4c(c(C)c3OC)COC4=O)[C@@H]2N2CCOCC2)[C@](C)(O)C[C@@H](C)CN(C)[C@H](C)[C@@H](O)[C@]1(C)O. The van der Waals surface area contributed by atoms with Crippen LogP contribution in [0.1, 0.15) is 142 Å². The number of rotatable bonds is 14. The number of allylic oxidation sites excluding steroid dienone is 2. The fourth-order valence-electron chi connectivity index (χ4n) is 12.5. The molecule has 1 aromatic carbocycles. The largest absolute Gasteiger partial charge is 0.507 e. The number of phenols is 1. The Kier molecular flexibility index (Phi) is 21.1. The number of benzene rings is 1. The van der Waals surface area contributed by atoms with Gasteiger partial charge in [-0.2, -0.15) is 0 Å². The van der Waals surface area contributed by atoms with Crippen molar-refractivity contribution < 1.29 is 87.3 Å². The first-order chi connectivity index (χ1) is 36.1. The number of aromatic hydroxyl groups is 1. The highest BCUT2D eigenvalue weighted by atomic mass is 16.7. The number of morpholine rings is 1. The fraction of sp³-hybridized carbons (Fsp3) is 0.807. The van der Waals surface area contributed by atoms with E-state index in [1.54, 1.807) is 41.5 Å². The zero-order chi connectivity index (χ0) is 57.1. The molecule has 0 aromatic heterocycles. The summed E-state index contributed by atoms with van der Waals surface area (Å²) < 4.78 is 62.4. The molecule has 5 aliphatic rings. The lowest BCUT2D eigenvalue weighted by atomic mass is 9.77. The van der Waals surface area contributed by atoms with Crippen LogP contribution in [0, 0.1) is 24.7 Å². The molecule has 4 saturated heterocycles. The van der Waals surface area contributed by atoms with E-state index in [0.29, 0.717) is 62.6 Å². The number of aliphatic hydroxyl groups excluding tert-OH is 2. The maximum Gasteiger partial charge on any atom is 0.342 e. The first-order valence-electron chi connectivity index (χ1n) is 27.7. The number of phenolic OH excluding ortho intramolecular Hbond substituents is 1. The number of hydrogen-bond acceptors (Lipinski definition) is 20. The predicted molar refractivity (Wildman–Crippen MR) is 282 cm³/mol. The van der Waals surface area contributed by atoms with Crippen molar-refractivity contribution in [1.82, 2.24) is 9.80 Å². The number of cyclic esters (lactones) is 2. The first kappa shape index (κ1) is 62.7. The minimum atomic E-state index is -1.86. The molecule has 438 valence electrons. The molecule has 6 rings (SSSR count). The van der Waals surface area contributed by atoms with Crippen molar-refractivity contribution in [3.8, 4) is 11.5 Å². The third-order valence-electron chi connectivity index (χ3n) is 17.3. The summed E-state index contributed by atoms with van der Waals surface area (Å²) in [5.74, 6) is -3.62. The first-order valence-corrected chi connectivity index (χ1v) is 27.7. The van der Waals surface area contributed by atoms with Gasteiger partial charge in [0.05, 0.1) is 67.9 Å². The van der Waals surface area contributed by atoms with E-state index >= 15 is 0 Å². The normalized spacial score (nSPS) is 39.5. The van der Waals surface area contributed by atoms with Crippen LogP contribution in [0.3, 0.4) is 0 Å². The molecule has 0 aliphatic carbocycles. The number of likely N-dealkylation sites (N-methyl/N-ethyl adjacent to an activating group) is 1. The number of methoxy groups -OCH3 is 2. The third-order valence-corrected chi connectivity index (χ3v) is 17.3. The van der Waals surface area contributed by atoms with Crippen LogP contribution in [0.4, 0.5) is 0 Å². The van der Waals surface area contributed by atoms with Gasteiger partial charge in [-0.05, 0) is 107 Å². The van der Waals surface area contributed by atoms with Gasteiger partial charge in [0.15, 0.2) is 12.6 Å². The number of carbonyl (C=O) groups excluding carboxylic acids is 3. The standard InChI is InChI=1S/C57H92N2O18/c1-16-41-57(12,67)49(62)36(8)58(13)28-31(3)26-55(10,66)51(34(6)47(35(7)52(64)75-41)76-43-27-56(11,69-15)50(63)37(9)73-43)77-54-45(59-21-23-70-24-22-59)40(25-32(4)72-54)74-42(60)20-18-30(2)17-19-38-46(61)44-39(29-71-53(44)65)33(5)48(38)68-14/h17,31-32,34-37,40-41,43,45,47,49-51,54,61-63,66-67H,16,18-29H2,1-15H3/b30-17+/t31-,32-,34+,35-,36-,37+,40-,41-,43+,45+,47+,49-,50+,51-,54+,55-,56-,57-/m1/s1. The Balaban J connectivity index is 1.33. The van der Waals surface area contributed by atoms with Crippen LogP contribution in [0.5, 0.6) is 11.5 Å². The van der Waals surface area contributed by atoms with Crippen LogP contribution in [0.25, 0.3) is 0 Å². The van der Waals surface area contributed by atoms with Crippen LogP contribution in [0.2, 0.25) is 0 Å². The molecule has 5 aliphatic heterocycles. The third kappa shape index (κ3) is 14.0. The molecular weight excluding hydrogens is 1000 g/mol.